The van der Waals surface area contributed by atoms with Crippen LogP contribution in [0.5, 0.6) is 5.75 Å². The maximum absolute atomic E-state index is 12.4. The largest absolute Gasteiger partial charge is 0.493 e. The molecule has 0 bridgehead atoms. The van der Waals surface area contributed by atoms with Crippen LogP contribution in [0.4, 0.5) is 0 Å². The summed E-state index contributed by atoms with van der Waals surface area (Å²) in [7, 11) is -3.87. The number of carbonyl (C=O) groups is 1. The average Bonchev–Trinajstić information content (AvgIpc) is 2.45. The van der Waals surface area contributed by atoms with Gasteiger partial charge in [-0.15, -0.1) is 0 Å². The smallest absolute Gasteiger partial charge is 0.321 e. The van der Waals surface area contributed by atoms with E-state index in [-0.39, 0.29) is 17.2 Å². The van der Waals surface area contributed by atoms with Crippen LogP contribution in [0, 0.1) is 5.92 Å². The molecule has 0 radical (unpaired) electrons. The summed E-state index contributed by atoms with van der Waals surface area (Å²) in [5.41, 5.74) is 0.838. The van der Waals surface area contributed by atoms with Crippen molar-refractivity contribution in [1.29, 1.82) is 0 Å². The molecule has 122 valence electrons. The van der Waals surface area contributed by atoms with Gasteiger partial charge in [-0.3, -0.25) is 4.79 Å². The van der Waals surface area contributed by atoms with Crippen LogP contribution in [0.15, 0.2) is 23.1 Å². The second-order valence-corrected chi connectivity index (χ2v) is 7.58. The summed E-state index contributed by atoms with van der Waals surface area (Å²) in [4.78, 5) is 11.3. The highest BCUT2D eigenvalue weighted by molar-refractivity contribution is 7.89. The van der Waals surface area contributed by atoms with Crippen molar-refractivity contribution in [3.8, 4) is 5.75 Å². The van der Waals surface area contributed by atoms with Crippen molar-refractivity contribution in [3.63, 3.8) is 0 Å². The van der Waals surface area contributed by atoms with Gasteiger partial charge in [-0.25, -0.2) is 8.42 Å². The van der Waals surface area contributed by atoms with Gasteiger partial charge in [0.1, 0.15) is 11.8 Å². The minimum Gasteiger partial charge on any atom is -0.493 e. The highest BCUT2D eigenvalue weighted by Crippen LogP contribution is 2.27. The summed E-state index contributed by atoms with van der Waals surface area (Å²) in [6.45, 7) is 4.33. The Bertz CT molecular complexity index is 654. The van der Waals surface area contributed by atoms with Crippen molar-refractivity contribution in [2.24, 2.45) is 5.92 Å². The van der Waals surface area contributed by atoms with Gasteiger partial charge in [0, 0.05) is 0 Å². The molecule has 1 aliphatic rings. The van der Waals surface area contributed by atoms with Gasteiger partial charge >= 0.3 is 5.97 Å². The van der Waals surface area contributed by atoms with Gasteiger partial charge in [-0.2, -0.15) is 4.72 Å². The number of rotatable bonds is 6. The van der Waals surface area contributed by atoms with E-state index in [4.69, 9.17) is 4.74 Å². The number of carboxylic acid groups (broad SMARTS) is 1. The van der Waals surface area contributed by atoms with E-state index in [0.717, 1.165) is 18.4 Å². The monoisotopic (exact) mass is 327 g/mol. The second-order valence-electron chi connectivity index (χ2n) is 5.86. The standard InChI is InChI=1S/C15H21NO5S/c1-10(2)8-13(15(17)18)16-22(19,20)12-5-6-14-11(9-12)4-3-7-21-14/h5-6,9-10,13,16H,3-4,7-8H2,1-2H3,(H,17,18). The molecule has 1 atom stereocenters. The molecule has 6 nitrogen and oxygen atoms in total. The molecule has 1 aromatic rings. The van der Waals surface area contributed by atoms with Gasteiger partial charge in [-0.05, 0) is 48.9 Å². The second kappa shape index (κ2) is 6.66. The molecule has 0 spiro atoms. The van der Waals surface area contributed by atoms with E-state index >= 15 is 0 Å². The van der Waals surface area contributed by atoms with E-state index in [2.05, 4.69) is 4.72 Å². The lowest BCUT2D eigenvalue weighted by Crippen LogP contribution is -2.41. The number of fused-ring (bicyclic) bond motifs is 1. The van der Waals surface area contributed by atoms with Crippen molar-refractivity contribution in [2.75, 3.05) is 6.61 Å². The summed E-state index contributed by atoms with van der Waals surface area (Å²) in [5, 5.41) is 9.18. The highest BCUT2D eigenvalue weighted by Gasteiger charge is 2.27. The van der Waals surface area contributed by atoms with Gasteiger partial charge in [0.25, 0.3) is 0 Å². The van der Waals surface area contributed by atoms with E-state index in [0.29, 0.717) is 12.4 Å². The van der Waals surface area contributed by atoms with Crippen molar-refractivity contribution in [3.05, 3.63) is 23.8 Å². The molecule has 0 saturated heterocycles. The summed E-state index contributed by atoms with van der Waals surface area (Å²) in [5.74, 6) is -0.401. The van der Waals surface area contributed by atoms with Gasteiger partial charge in [0.2, 0.25) is 10.0 Å². The van der Waals surface area contributed by atoms with E-state index < -0.39 is 22.0 Å². The zero-order valence-corrected chi connectivity index (χ0v) is 13.5. The molecule has 7 heteroatoms. The number of carboxylic acids is 1. The zero-order valence-electron chi connectivity index (χ0n) is 12.7. The molecule has 0 aliphatic carbocycles. The summed E-state index contributed by atoms with van der Waals surface area (Å²) in [6, 6.07) is 3.50. The molecular formula is C15H21NO5S. The third kappa shape index (κ3) is 3.98. The van der Waals surface area contributed by atoms with E-state index in [1.165, 1.54) is 6.07 Å². The Morgan fingerprint density at radius 3 is 2.77 bits per heavy atom. The lowest BCUT2D eigenvalue weighted by Gasteiger charge is -2.19. The van der Waals surface area contributed by atoms with Crippen molar-refractivity contribution < 1.29 is 23.1 Å². The number of aliphatic carboxylic acids is 1. The van der Waals surface area contributed by atoms with E-state index in [1.807, 2.05) is 13.8 Å². The van der Waals surface area contributed by atoms with E-state index in [1.54, 1.807) is 12.1 Å². The molecule has 1 aromatic carbocycles. The van der Waals surface area contributed by atoms with Crippen molar-refractivity contribution in [1.82, 2.24) is 4.72 Å². The molecule has 1 heterocycles. The molecule has 0 saturated carbocycles. The number of sulfonamides is 1. The predicted molar refractivity (Wildman–Crippen MR) is 81.5 cm³/mol. The Morgan fingerprint density at radius 1 is 1.41 bits per heavy atom. The summed E-state index contributed by atoms with van der Waals surface area (Å²) in [6.07, 6.45) is 1.84. The first-order valence-corrected chi connectivity index (χ1v) is 8.79. The number of benzene rings is 1. The summed E-state index contributed by atoms with van der Waals surface area (Å²) >= 11 is 0. The molecule has 0 aromatic heterocycles. The quantitative estimate of drug-likeness (QED) is 0.831. The van der Waals surface area contributed by atoms with Gasteiger partial charge in [-0.1, -0.05) is 13.8 Å². The lowest BCUT2D eigenvalue weighted by molar-refractivity contribution is -0.139. The van der Waals surface area contributed by atoms with Gasteiger partial charge in [0.15, 0.2) is 0 Å². The summed E-state index contributed by atoms with van der Waals surface area (Å²) < 4.78 is 32.5. The molecule has 1 unspecified atom stereocenters. The van der Waals surface area contributed by atoms with Crippen molar-refractivity contribution in [2.45, 2.75) is 44.0 Å². The lowest BCUT2D eigenvalue weighted by atomic mass is 10.1. The van der Waals surface area contributed by atoms with Crippen LogP contribution in [0.1, 0.15) is 32.3 Å². The topological polar surface area (TPSA) is 92.7 Å². The first kappa shape index (κ1) is 16.8. The molecule has 1 aliphatic heterocycles. The third-order valence-electron chi connectivity index (χ3n) is 3.49. The number of aryl methyl sites for hydroxylation is 1. The fourth-order valence-electron chi connectivity index (χ4n) is 2.43. The highest BCUT2D eigenvalue weighted by atomic mass is 32.2. The molecule has 2 rings (SSSR count). The predicted octanol–water partition coefficient (Wildman–Crippen LogP) is 1.79. The molecule has 0 fully saturated rings. The number of nitrogens with one attached hydrogen (secondary N) is 1. The maximum Gasteiger partial charge on any atom is 0.321 e. The third-order valence-corrected chi connectivity index (χ3v) is 4.96. The Balaban J connectivity index is 2.24. The van der Waals surface area contributed by atoms with Crippen LogP contribution >= 0.6 is 0 Å². The van der Waals surface area contributed by atoms with E-state index in [9.17, 15) is 18.3 Å². The van der Waals surface area contributed by atoms with Crippen LogP contribution in [0.3, 0.4) is 0 Å². The molecular weight excluding hydrogens is 306 g/mol. The molecule has 2 N–H and O–H groups in total. The number of hydrogen-bond donors (Lipinski definition) is 2. The Kier molecular flexibility index (Phi) is 5.08. The van der Waals surface area contributed by atoms with Gasteiger partial charge < -0.3 is 9.84 Å². The zero-order chi connectivity index (χ0) is 16.3. The van der Waals surface area contributed by atoms with Crippen molar-refractivity contribution >= 4 is 16.0 Å². The van der Waals surface area contributed by atoms with Crippen LogP contribution in [0.25, 0.3) is 0 Å². The Hall–Kier alpha value is -1.60. The number of hydrogen-bond acceptors (Lipinski definition) is 4. The fraction of sp³-hybridized carbons (Fsp3) is 0.533. The maximum atomic E-state index is 12.4. The minimum absolute atomic E-state index is 0.0701. The SMILES string of the molecule is CC(C)CC(NS(=O)(=O)c1ccc2c(c1)CCCO2)C(=O)O. The Labute approximate surface area is 130 Å². The average molecular weight is 327 g/mol. The van der Waals surface area contributed by atoms with Crippen LogP contribution < -0.4 is 9.46 Å². The fourth-order valence-corrected chi connectivity index (χ4v) is 3.68. The molecule has 0 amide bonds. The normalized spacial score (nSPS) is 16.0. The van der Waals surface area contributed by atoms with Crippen LogP contribution in [-0.2, 0) is 21.2 Å². The first-order chi connectivity index (χ1) is 10.3. The molecule has 22 heavy (non-hydrogen) atoms. The van der Waals surface area contributed by atoms with Crippen LogP contribution in [0.2, 0.25) is 0 Å². The minimum atomic E-state index is -3.87. The first-order valence-electron chi connectivity index (χ1n) is 7.30. The number of ether oxygens (including phenoxy) is 1. The van der Waals surface area contributed by atoms with Gasteiger partial charge in [0.05, 0.1) is 11.5 Å². The Morgan fingerprint density at radius 2 is 2.14 bits per heavy atom. The van der Waals surface area contributed by atoms with Crippen LogP contribution in [-0.4, -0.2) is 32.1 Å².